The van der Waals surface area contributed by atoms with Crippen LogP contribution < -0.4 is 0 Å². The first-order valence-electron chi connectivity index (χ1n) is 3.85. The molecule has 1 aromatic carbocycles. The molecule has 0 saturated heterocycles. The Morgan fingerprint density at radius 1 is 1.50 bits per heavy atom. The molecule has 0 amide bonds. The fraction of sp³-hybridized carbons (Fsp3) is 0.222. The maximum Gasteiger partial charge on any atom is 0.306 e. The molecule has 1 aromatic rings. The Hall–Kier alpha value is -1.13. The number of benzene rings is 1. The first-order chi connectivity index (χ1) is 6.49. The van der Waals surface area contributed by atoms with Crippen molar-refractivity contribution in [2.24, 2.45) is 0 Å². The van der Waals surface area contributed by atoms with Crippen molar-refractivity contribution in [1.29, 1.82) is 0 Å². The first-order valence-corrected chi connectivity index (χ1v) is 4.22. The van der Waals surface area contributed by atoms with Gasteiger partial charge in [-0.15, -0.1) is 0 Å². The molecule has 1 rings (SSSR count). The summed E-state index contributed by atoms with van der Waals surface area (Å²) in [6, 6.07) is 3.47. The van der Waals surface area contributed by atoms with Crippen LogP contribution in [0.5, 0.6) is 0 Å². The van der Waals surface area contributed by atoms with E-state index in [1.54, 1.807) is 0 Å². The van der Waals surface area contributed by atoms with Gasteiger partial charge in [0, 0.05) is 5.02 Å². The number of carbonyl (C=O) groups is 1. The maximum atomic E-state index is 12.8. The van der Waals surface area contributed by atoms with E-state index in [1.165, 1.54) is 6.07 Å². The van der Waals surface area contributed by atoms with Crippen LogP contribution in [0.1, 0.15) is 18.1 Å². The minimum Gasteiger partial charge on any atom is -0.481 e. The highest BCUT2D eigenvalue weighted by atomic mass is 35.5. The van der Waals surface area contributed by atoms with Gasteiger partial charge in [0.15, 0.2) is 0 Å². The molecule has 0 aliphatic heterocycles. The molecule has 5 heteroatoms. The Morgan fingerprint density at radius 2 is 2.14 bits per heavy atom. The van der Waals surface area contributed by atoms with E-state index in [0.717, 1.165) is 12.1 Å². The minimum absolute atomic E-state index is 0.129. The van der Waals surface area contributed by atoms with Crippen molar-refractivity contribution >= 4 is 17.6 Å². The molecule has 0 aromatic heterocycles. The van der Waals surface area contributed by atoms with Gasteiger partial charge < -0.3 is 10.2 Å². The predicted octanol–water partition coefficient (Wildman–Crippen LogP) is 1.99. The van der Waals surface area contributed by atoms with Gasteiger partial charge in [-0.1, -0.05) is 11.6 Å². The Labute approximate surface area is 84.7 Å². The number of aliphatic hydroxyl groups is 1. The van der Waals surface area contributed by atoms with E-state index in [0.29, 0.717) is 0 Å². The van der Waals surface area contributed by atoms with E-state index in [2.05, 4.69) is 0 Å². The number of rotatable bonds is 3. The molecule has 0 saturated carbocycles. The van der Waals surface area contributed by atoms with Crippen molar-refractivity contribution in [1.82, 2.24) is 0 Å². The van der Waals surface area contributed by atoms with Crippen LogP contribution in [-0.4, -0.2) is 16.2 Å². The summed E-state index contributed by atoms with van der Waals surface area (Å²) in [5.74, 6) is -1.75. The first kappa shape index (κ1) is 10.9. The third-order valence-corrected chi connectivity index (χ3v) is 1.86. The molecule has 0 unspecified atom stereocenters. The van der Waals surface area contributed by atoms with E-state index >= 15 is 0 Å². The van der Waals surface area contributed by atoms with Crippen molar-refractivity contribution in [3.8, 4) is 0 Å². The fourth-order valence-electron chi connectivity index (χ4n) is 1.05. The molecule has 0 heterocycles. The van der Waals surface area contributed by atoms with Crippen LogP contribution in [0.15, 0.2) is 18.2 Å². The van der Waals surface area contributed by atoms with Gasteiger partial charge in [0.25, 0.3) is 0 Å². The smallest absolute Gasteiger partial charge is 0.306 e. The summed E-state index contributed by atoms with van der Waals surface area (Å²) < 4.78 is 12.8. The van der Waals surface area contributed by atoms with Crippen molar-refractivity contribution in [3.05, 3.63) is 34.6 Å². The number of hydrogen-bond donors (Lipinski definition) is 2. The number of carboxylic acid groups (broad SMARTS) is 1. The van der Waals surface area contributed by atoms with E-state index in [9.17, 15) is 14.3 Å². The summed E-state index contributed by atoms with van der Waals surface area (Å²) in [4.78, 5) is 10.3. The highest BCUT2D eigenvalue weighted by Crippen LogP contribution is 2.21. The van der Waals surface area contributed by atoms with Gasteiger partial charge in [-0.05, 0) is 23.8 Å². The molecule has 1 atom stereocenters. The largest absolute Gasteiger partial charge is 0.481 e. The topological polar surface area (TPSA) is 57.5 Å². The SMILES string of the molecule is O=C(O)C[C@@H](O)c1cc(F)cc(Cl)c1. The van der Waals surface area contributed by atoms with Gasteiger partial charge in [-0.2, -0.15) is 0 Å². The molecule has 0 spiro atoms. The lowest BCUT2D eigenvalue weighted by molar-refractivity contribution is -0.139. The van der Waals surface area contributed by atoms with E-state index in [1.807, 2.05) is 0 Å². The van der Waals surface area contributed by atoms with Gasteiger partial charge >= 0.3 is 5.97 Å². The summed E-state index contributed by atoms with van der Waals surface area (Å²) in [5.41, 5.74) is 0.164. The van der Waals surface area contributed by atoms with Crippen LogP contribution in [0.2, 0.25) is 5.02 Å². The molecule has 2 N–H and O–H groups in total. The van der Waals surface area contributed by atoms with Crippen LogP contribution >= 0.6 is 11.6 Å². The molecule has 0 aliphatic rings. The molecule has 3 nitrogen and oxygen atoms in total. The molecular formula is C9H8ClFO3. The Balaban J connectivity index is 2.89. The Kier molecular flexibility index (Phi) is 3.43. The van der Waals surface area contributed by atoms with Crippen LogP contribution in [0.4, 0.5) is 4.39 Å². The second-order valence-corrected chi connectivity index (χ2v) is 3.25. The third-order valence-electron chi connectivity index (χ3n) is 1.64. The van der Waals surface area contributed by atoms with E-state index in [4.69, 9.17) is 16.7 Å². The number of halogens is 2. The average Bonchev–Trinajstić information content (AvgIpc) is 2.00. The monoisotopic (exact) mass is 218 g/mol. The standard InChI is InChI=1S/C9H8ClFO3/c10-6-1-5(2-7(11)3-6)8(12)4-9(13)14/h1-3,8,12H,4H2,(H,13,14)/t8-/m1/s1. The summed E-state index contributed by atoms with van der Waals surface area (Å²) in [7, 11) is 0. The zero-order chi connectivity index (χ0) is 10.7. The summed E-state index contributed by atoms with van der Waals surface area (Å²) in [6.45, 7) is 0. The summed E-state index contributed by atoms with van der Waals surface area (Å²) in [6.07, 6.45) is -1.71. The highest BCUT2D eigenvalue weighted by Gasteiger charge is 2.13. The second-order valence-electron chi connectivity index (χ2n) is 2.82. The zero-order valence-corrected chi connectivity index (χ0v) is 7.83. The fourth-order valence-corrected chi connectivity index (χ4v) is 1.28. The molecular weight excluding hydrogens is 211 g/mol. The van der Waals surface area contributed by atoms with Crippen molar-refractivity contribution < 1.29 is 19.4 Å². The lowest BCUT2D eigenvalue weighted by atomic mass is 10.1. The third kappa shape index (κ3) is 2.97. The predicted molar refractivity (Wildman–Crippen MR) is 48.6 cm³/mol. The normalized spacial score (nSPS) is 12.5. The second kappa shape index (κ2) is 4.39. The molecule has 14 heavy (non-hydrogen) atoms. The maximum absolute atomic E-state index is 12.8. The van der Waals surface area contributed by atoms with Crippen molar-refractivity contribution in [3.63, 3.8) is 0 Å². The molecule has 0 radical (unpaired) electrons. The molecule has 0 aliphatic carbocycles. The van der Waals surface area contributed by atoms with Gasteiger partial charge in [-0.25, -0.2) is 4.39 Å². The van der Waals surface area contributed by atoms with Gasteiger partial charge in [0.1, 0.15) is 5.82 Å². The Morgan fingerprint density at radius 3 is 2.64 bits per heavy atom. The lowest BCUT2D eigenvalue weighted by Crippen LogP contribution is -2.05. The van der Waals surface area contributed by atoms with Gasteiger partial charge in [-0.3, -0.25) is 4.79 Å². The van der Waals surface area contributed by atoms with Crippen LogP contribution in [0.3, 0.4) is 0 Å². The van der Waals surface area contributed by atoms with Crippen LogP contribution in [0, 0.1) is 5.82 Å². The average molecular weight is 219 g/mol. The number of aliphatic hydroxyl groups excluding tert-OH is 1. The van der Waals surface area contributed by atoms with Crippen LogP contribution in [-0.2, 0) is 4.79 Å². The lowest BCUT2D eigenvalue weighted by Gasteiger charge is -2.08. The van der Waals surface area contributed by atoms with Crippen molar-refractivity contribution in [2.45, 2.75) is 12.5 Å². The van der Waals surface area contributed by atoms with Gasteiger partial charge in [0.05, 0.1) is 12.5 Å². The Bertz CT molecular complexity index is 334. The van der Waals surface area contributed by atoms with Crippen LogP contribution in [0.25, 0.3) is 0 Å². The summed E-state index contributed by atoms with van der Waals surface area (Å²) >= 11 is 5.53. The number of carboxylic acids is 1. The van der Waals surface area contributed by atoms with Gasteiger partial charge in [0.2, 0.25) is 0 Å². The van der Waals surface area contributed by atoms with E-state index in [-0.39, 0.29) is 10.6 Å². The van der Waals surface area contributed by atoms with Crippen molar-refractivity contribution in [2.75, 3.05) is 0 Å². The molecule has 0 fully saturated rings. The zero-order valence-electron chi connectivity index (χ0n) is 7.08. The van der Waals surface area contributed by atoms with E-state index < -0.39 is 24.3 Å². The molecule has 0 bridgehead atoms. The highest BCUT2D eigenvalue weighted by molar-refractivity contribution is 6.30. The summed E-state index contributed by atoms with van der Waals surface area (Å²) in [5, 5.41) is 17.9. The minimum atomic E-state index is -1.24. The molecule has 76 valence electrons. The number of aliphatic carboxylic acids is 1. The number of hydrogen-bond acceptors (Lipinski definition) is 2. The quantitative estimate of drug-likeness (QED) is 0.816.